The molecule has 1 saturated carbocycles. The Morgan fingerprint density at radius 1 is 1.03 bits per heavy atom. The Labute approximate surface area is 206 Å². The van der Waals surface area contributed by atoms with Crippen LogP contribution in [0.1, 0.15) is 61.4 Å². The predicted octanol–water partition coefficient (Wildman–Crippen LogP) is 6.41. The third-order valence-corrected chi connectivity index (χ3v) is 6.60. The summed E-state index contributed by atoms with van der Waals surface area (Å²) in [5, 5.41) is 8.77. The van der Waals surface area contributed by atoms with Gasteiger partial charge in [0.1, 0.15) is 11.5 Å². The van der Waals surface area contributed by atoms with Crippen LogP contribution in [0.5, 0.6) is 5.75 Å². The number of amides is 1. The maximum absolute atomic E-state index is 13.6. The molecule has 1 N–H and O–H groups in total. The van der Waals surface area contributed by atoms with Gasteiger partial charge in [-0.15, -0.1) is 0 Å². The van der Waals surface area contributed by atoms with E-state index in [4.69, 9.17) is 14.3 Å². The van der Waals surface area contributed by atoms with E-state index in [1.807, 2.05) is 65.6 Å². The van der Waals surface area contributed by atoms with E-state index in [1.165, 1.54) is 0 Å². The number of ether oxygens (including phenoxy) is 1. The summed E-state index contributed by atoms with van der Waals surface area (Å²) in [6.45, 7) is 3.14. The van der Waals surface area contributed by atoms with Crippen LogP contribution in [0.15, 0.2) is 71.3 Å². The van der Waals surface area contributed by atoms with Gasteiger partial charge < -0.3 is 19.2 Å². The van der Waals surface area contributed by atoms with Crippen molar-refractivity contribution >= 4 is 11.9 Å². The molecule has 1 heterocycles. The van der Waals surface area contributed by atoms with Crippen LogP contribution in [0, 0.1) is 5.92 Å². The number of hydrogen-bond donors (Lipinski definition) is 1. The van der Waals surface area contributed by atoms with Gasteiger partial charge in [-0.05, 0) is 75.3 Å². The Kier molecular flexibility index (Phi) is 8.24. The molecule has 6 nitrogen and oxygen atoms in total. The maximum Gasteiger partial charge on any atom is 0.303 e. The average Bonchev–Trinajstić information content (AvgIpc) is 3.58. The molecule has 35 heavy (non-hydrogen) atoms. The minimum absolute atomic E-state index is 0.0128. The highest BCUT2D eigenvalue weighted by Crippen LogP contribution is 2.37. The summed E-state index contributed by atoms with van der Waals surface area (Å²) in [5.41, 5.74) is 2.58. The first-order chi connectivity index (χ1) is 17.0. The zero-order valence-electron chi connectivity index (χ0n) is 20.2. The molecule has 0 aliphatic heterocycles. The van der Waals surface area contributed by atoms with Crippen LogP contribution in [0.25, 0.3) is 11.3 Å². The Hall–Kier alpha value is -3.54. The molecule has 4 rings (SSSR count). The number of hydrogen-bond acceptors (Lipinski definition) is 4. The van der Waals surface area contributed by atoms with Crippen LogP contribution in [-0.4, -0.2) is 34.5 Å². The van der Waals surface area contributed by atoms with E-state index in [2.05, 4.69) is 6.92 Å². The molecule has 2 aromatic carbocycles. The highest BCUT2D eigenvalue weighted by atomic mass is 16.5. The van der Waals surface area contributed by atoms with Crippen molar-refractivity contribution in [3.05, 3.63) is 78.1 Å². The second-order valence-electron chi connectivity index (χ2n) is 9.23. The fraction of sp³-hybridized carbons (Fsp3) is 0.379. The SMILES string of the molecule is CC(C1CC1)N(Cc1ccccc1OCCCCCC(=O)O)C(=O)c1ccc(-c2ccco2)cc1. The van der Waals surface area contributed by atoms with Crippen LogP contribution in [0.4, 0.5) is 0 Å². The fourth-order valence-corrected chi connectivity index (χ4v) is 4.32. The number of carboxylic acids is 1. The Morgan fingerprint density at radius 2 is 1.80 bits per heavy atom. The summed E-state index contributed by atoms with van der Waals surface area (Å²) in [4.78, 5) is 26.3. The quantitative estimate of drug-likeness (QED) is 0.289. The number of carbonyl (C=O) groups is 2. The molecule has 1 fully saturated rings. The summed E-state index contributed by atoms with van der Waals surface area (Å²) in [6, 6.07) is 19.3. The van der Waals surface area contributed by atoms with Gasteiger partial charge in [0.05, 0.1) is 12.9 Å². The predicted molar refractivity (Wildman–Crippen MR) is 134 cm³/mol. The van der Waals surface area contributed by atoms with Gasteiger partial charge in [0.15, 0.2) is 0 Å². The number of furan rings is 1. The zero-order valence-corrected chi connectivity index (χ0v) is 20.2. The van der Waals surface area contributed by atoms with Crippen LogP contribution in [-0.2, 0) is 11.3 Å². The topological polar surface area (TPSA) is 80.0 Å². The van der Waals surface area contributed by atoms with E-state index in [9.17, 15) is 9.59 Å². The first-order valence-corrected chi connectivity index (χ1v) is 12.4. The monoisotopic (exact) mass is 475 g/mol. The molecule has 0 saturated heterocycles. The van der Waals surface area contributed by atoms with E-state index in [0.717, 1.165) is 48.3 Å². The van der Waals surface area contributed by atoms with Crippen LogP contribution in [0.2, 0.25) is 0 Å². The molecule has 1 aromatic heterocycles. The lowest BCUT2D eigenvalue weighted by Gasteiger charge is -2.30. The Morgan fingerprint density at radius 3 is 2.49 bits per heavy atom. The maximum atomic E-state index is 13.6. The average molecular weight is 476 g/mol. The lowest BCUT2D eigenvalue weighted by Crippen LogP contribution is -2.39. The van der Waals surface area contributed by atoms with Crippen molar-refractivity contribution < 1.29 is 23.8 Å². The molecular weight excluding hydrogens is 442 g/mol. The van der Waals surface area contributed by atoms with Gasteiger partial charge in [-0.1, -0.05) is 30.3 Å². The molecule has 6 heteroatoms. The molecular formula is C29H33NO5. The Bertz CT molecular complexity index is 1100. The standard InChI is InChI=1S/C29H33NO5/c1-21(22-12-13-22)30(29(33)24-16-14-23(15-17-24)26-10-7-19-35-26)20-25-8-4-5-9-27(25)34-18-6-2-3-11-28(31)32/h4-5,7-10,14-17,19,21-22H,2-3,6,11-13,18,20H2,1H3,(H,31,32). The second-order valence-corrected chi connectivity index (χ2v) is 9.23. The van der Waals surface area contributed by atoms with Crippen molar-refractivity contribution in [1.29, 1.82) is 0 Å². The molecule has 0 spiro atoms. The normalized spacial score (nSPS) is 13.9. The summed E-state index contributed by atoms with van der Waals surface area (Å²) >= 11 is 0. The molecule has 0 bridgehead atoms. The molecule has 1 atom stereocenters. The highest BCUT2D eigenvalue weighted by Gasteiger charge is 2.35. The van der Waals surface area contributed by atoms with Gasteiger partial charge in [-0.3, -0.25) is 9.59 Å². The van der Waals surface area contributed by atoms with Crippen molar-refractivity contribution in [2.75, 3.05) is 6.61 Å². The smallest absolute Gasteiger partial charge is 0.303 e. The lowest BCUT2D eigenvalue weighted by atomic mass is 10.1. The van der Waals surface area contributed by atoms with Crippen molar-refractivity contribution in [1.82, 2.24) is 4.90 Å². The van der Waals surface area contributed by atoms with Crippen molar-refractivity contribution in [3.8, 4) is 17.1 Å². The van der Waals surface area contributed by atoms with Crippen LogP contribution >= 0.6 is 0 Å². The number of carboxylic acid groups (broad SMARTS) is 1. The summed E-state index contributed by atoms with van der Waals surface area (Å²) < 4.78 is 11.5. The van der Waals surface area contributed by atoms with Gasteiger partial charge in [0, 0.05) is 35.7 Å². The minimum atomic E-state index is -0.763. The number of para-hydroxylation sites is 1. The van der Waals surface area contributed by atoms with Gasteiger partial charge >= 0.3 is 5.97 Å². The molecule has 184 valence electrons. The minimum Gasteiger partial charge on any atom is -0.493 e. The van der Waals surface area contributed by atoms with Crippen LogP contribution in [0.3, 0.4) is 0 Å². The zero-order chi connectivity index (χ0) is 24.6. The molecule has 0 radical (unpaired) electrons. The van der Waals surface area contributed by atoms with Gasteiger partial charge in [-0.2, -0.15) is 0 Å². The molecule has 1 unspecified atom stereocenters. The number of benzene rings is 2. The second kappa shape index (κ2) is 11.7. The number of unbranched alkanes of at least 4 members (excludes halogenated alkanes) is 2. The first kappa shape index (κ1) is 24.6. The summed E-state index contributed by atoms with van der Waals surface area (Å²) in [6.07, 6.45) is 6.39. The molecule has 1 aliphatic rings. The first-order valence-electron chi connectivity index (χ1n) is 12.4. The lowest BCUT2D eigenvalue weighted by molar-refractivity contribution is -0.137. The van der Waals surface area contributed by atoms with E-state index in [-0.39, 0.29) is 18.4 Å². The van der Waals surface area contributed by atoms with Gasteiger partial charge in [0.25, 0.3) is 5.91 Å². The fourth-order valence-electron chi connectivity index (χ4n) is 4.32. The van der Waals surface area contributed by atoms with E-state index < -0.39 is 5.97 Å². The third kappa shape index (κ3) is 6.75. The number of aliphatic carboxylic acids is 1. The molecule has 3 aromatic rings. The largest absolute Gasteiger partial charge is 0.493 e. The molecule has 1 amide bonds. The van der Waals surface area contributed by atoms with Crippen molar-refractivity contribution in [3.63, 3.8) is 0 Å². The summed E-state index contributed by atoms with van der Waals surface area (Å²) in [7, 11) is 0. The van der Waals surface area contributed by atoms with E-state index in [0.29, 0.717) is 31.1 Å². The van der Waals surface area contributed by atoms with Crippen molar-refractivity contribution in [2.45, 2.75) is 58.0 Å². The third-order valence-electron chi connectivity index (χ3n) is 6.60. The van der Waals surface area contributed by atoms with E-state index in [1.54, 1.807) is 6.26 Å². The van der Waals surface area contributed by atoms with Crippen molar-refractivity contribution in [2.24, 2.45) is 5.92 Å². The summed E-state index contributed by atoms with van der Waals surface area (Å²) in [5.74, 6) is 1.34. The van der Waals surface area contributed by atoms with E-state index >= 15 is 0 Å². The highest BCUT2D eigenvalue weighted by molar-refractivity contribution is 5.95. The number of rotatable bonds is 13. The van der Waals surface area contributed by atoms with Crippen LogP contribution < -0.4 is 4.74 Å². The Balaban J connectivity index is 1.44. The van der Waals surface area contributed by atoms with Gasteiger partial charge in [-0.25, -0.2) is 0 Å². The number of nitrogens with zero attached hydrogens (tertiary/aromatic N) is 1. The molecule has 1 aliphatic carbocycles. The van der Waals surface area contributed by atoms with Gasteiger partial charge in [0.2, 0.25) is 0 Å². The number of carbonyl (C=O) groups excluding carboxylic acids is 1.